The molecule has 1 amide bonds. The smallest absolute Gasteiger partial charge is 0.221 e. The molecule has 1 unspecified atom stereocenters. The van der Waals surface area contributed by atoms with Crippen molar-refractivity contribution in [2.75, 3.05) is 7.11 Å². The highest BCUT2D eigenvalue weighted by Gasteiger charge is 2.21. The highest BCUT2D eigenvalue weighted by atomic mass is 35.5. The van der Waals surface area contributed by atoms with Gasteiger partial charge < -0.3 is 19.0 Å². The van der Waals surface area contributed by atoms with Crippen LogP contribution in [-0.2, 0) is 18.3 Å². The molecule has 0 fully saturated rings. The van der Waals surface area contributed by atoms with Crippen molar-refractivity contribution in [1.82, 2.24) is 19.9 Å². The van der Waals surface area contributed by atoms with Gasteiger partial charge in [0.1, 0.15) is 17.6 Å². The summed E-state index contributed by atoms with van der Waals surface area (Å²) in [4.78, 5) is 21.5. The number of imidazole rings is 1. The molecule has 0 radical (unpaired) electrons. The normalized spacial score (nSPS) is 11.9. The molecule has 2 heterocycles. The minimum atomic E-state index is -0.406. The predicted molar refractivity (Wildman–Crippen MR) is 126 cm³/mol. The third-order valence-electron chi connectivity index (χ3n) is 5.19. The SMILES string of the molecule is COc1ccc(C(NC(=O)CCc2ncc(-c3ccc(Cl)cc3Cl)o2)c2nccn2C)cc1. The van der Waals surface area contributed by atoms with E-state index in [1.165, 1.54) is 0 Å². The van der Waals surface area contributed by atoms with Gasteiger partial charge in [-0.1, -0.05) is 35.3 Å². The highest BCUT2D eigenvalue weighted by molar-refractivity contribution is 6.36. The van der Waals surface area contributed by atoms with Crippen LogP contribution >= 0.6 is 23.2 Å². The maximum absolute atomic E-state index is 12.8. The van der Waals surface area contributed by atoms with Crippen LogP contribution in [0.15, 0.2) is 65.5 Å². The number of carbonyl (C=O) groups is 1. The first kappa shape index (κ1) is 22.9. The van der Waals surface area contributed by atoms with E-state index in [1.807, 2.05) is 42.1 Å². The summed E-state index contributed by atoms with van der Waals surface area (Å²) in [5.41, 5.74) is 1.59. The molecule has 2 aromatic carbocycles. The summed E-state index contributed by atoms with van der Waals surface area (Å²) in [5, 5.41) is 4.08. The lowest BCUT2D eigenvalue weighted by Gasteiger charge is -2.19. The van der Waals surface area contributed by atoms with Gasteiger partial charge in [-0.2, -0.15) is 0 Å². The number of amides is 1. The zero-order chi connectivity index (χ0) is 23.4. The minimum Gasteiger partial charge on any atom is -0.497 e. The Bertz CT molecular complexity index is 1250. The van der Waals surface area contributed by atoms with Crippen molar-refractivity contribution in [3.8, 4) is 17.1 Å². The molecule has 1 N–H and O–H groups in total. The van der Waals surface area contributed by atoms with Gasteiger partial charge in [0.2, 0.25) is 5.91 Å². The number of benzene rings is 2. The third kappa shape index (κ3) is 5.38. The van der Waals surface area contributed by atoms with Crippen molar-refractivity contribution in [2.45, 2.75) is 18.9 Å². The topological polar surface area (TPSA) is 82.2 Å². The van der Waals surface area contributed by atoms with E-state index in [-0.39, 0.29) is 12.3 Å². The number of methoxy groups -OCH3 is 1. The van der Waals surface area contributed by atoms with Gasteiger partial charge in [-0.15, -0.1) is 0 Å². The molecular weight excluding hydrogens is 463 g/mol. The van der Waals surface area contributed by atoms with E-state index in [4.69, 9.17) is 32.4 Å². The second kappa shape index (κ2) is 10.1. The summed E-state index contributed by atoms with van der Waals surface area (Å²) < 4.78 is 12.9. The molecule has 4 rings (SSSR count). The van der Waals surface area contributed by atoms with Crippen molar-refractivity contribution in [2.24, 2.45) is 7.05 Å². The van der Waals surface area contributed by atoms with Crippen molar-refractivity contribution in [1.29, 1.82) is 0 Å². The lowest BCUT2D eigenvalue weighted by atomic mass is 10.1. The molecular formula is C24H22Cl2N4O3. The van der Waals surface area contributed by atoms with Gasteiger partial charge in [0.15, 0.2) is 11.7 Å². The second-order valence-electron chi connectivity index (χ2n) is 7.41. The average molecular weight is 485 g/mol. The Morgan fingerprint density at radius 3 is 2.64 bits per heavy atom. The van der Waals surface area contributed by atoms with Crippen LogP contribution in [0.25, 0.3) is 11.3 Å². The Kier molecular flexibility index (Phi) is 7.01. The predicted octanol–water partition coefficient (Wildman–Crippen LogP) is 5.23. The first-order chi connectivity index (χ1) is 15.9. The number of oxazole rings is 1. The molecule has 9 heteroatoms. The number of nitrogens with one attached hydrogen (secondary N) is 1. The van der Waals surface area contributed by atoms with Crippen LogP contribution in [0.2, 0.25) is 10.0 Å². The molecule has 0 aliphatic carbocycles. The van der Waals surface area contributed by atoms with Crippen LogP contribution in [0.1, 0.15) is 29.7 Å². The monoisotopic (exact) mass is 484 g/mol. The summed E-state index contributed by atoms with van der Waals surface area (Å²) >= 11 is 12.2. The van der Waals surface area contributed by atoms with E-state index in [0.29, 0.717) is 33.7 Å². The second-order valence-corrected chi connectivity index (χ2v) is 8.26. The van der Waals surface area contributed by atoms with Crippen molar-refractivity contribution >= 4 is 29.1 Å². The van der Waals surface area contributed by atoms with E-state index >= 15 is 0 Å². The molecule has 4 aromatic rings. The van der Waals surface area contributed by atoms with Crippen LogP contribution in [0.5, 0.6) is 5.75 Å². The fourth-order valence-corrected chi connectivity index (χ4v) is 3.94. The first-order valence-corrected chi connectivity index (χ1v) is 11.0. The Hall–Kier alpha value is -3.29. The molecule has 0 saturated carbocycles. The summed E-state index contributed by atoms with van der Waals surface area (Å²) in [5.74, 6) is 2.29. The number of aromatic nitrogens is 3. The van der Waals surface area contributed by atoms with Gasteiger partial charge in [0.05, 0.1) is 18.3 Å². The van der Waals surface area contributed by atoms with E-state index in [2.05, 4.69) is 15.3 Å². The number of hydrogen-bond acceptors (Lipinski definition) is 5. The quantitative estimate of drug-likeness (QED) is 0.370. The molecule has 1 atom stereocenters. The molecule has 0 aliphatic heterocycles. The fraction of sp³-hybridized carbons (Fsp3) is 0.208. The van der Waals surface area contributed by atoms with Crippen molar-refractivity contribution in [3.63, 3.8) is 0 Å². The first-order valence-electron chi connectivity index (χ1n) is 10.2. The maximum atomic E-state index is 12.8. The van der Waals surface area contributed by atoms with Gasteiger partial charge in [-0.05, 0) is 35.9 Å². The van der Waals surface area contributed by atoms with Gasteiger partial charge in [-0.25, -0.2) is 9.97 Å². The van der Waals surface area contributed by atoms with Crippen LogP contribution in [0.4, 0.5) is 0 Å². The number of halogens is 2. The Morgan fingerprint density at radius 2 is 1.97 bits per heavy atom. The van der Waals surface area contributed by atoms with Gasteiger partial charge in [0, 0.05) is 42.9 Å². The molecule has 33 heavy (non-hydrogen) atoms. The van der Waals surface area contributed by atoms with Crippen LogP contribution in [0.3, 0.4) is 0 Å². The maximum Gasteiger partial charge on any atom is 0.221 e. The molecule has 170 valence electrons. The number of ether oxygens (including phenoxy) is 1. The Balaban J connectivity index is 1.45. The summed E-state index contributed by atoms with van der Waals surface area (Å²) in [7, 11) is 3.50. The standard InChI is InChI=1S/C24H22Cl2N4O3/c1-30-12-11-27-24(30)23(15-3-6-17(32-2)7-4-15)29-21(31)9-10-22-28-14-20(33-22)18-8-5-16(25)13-19(18)26/h3-8,11-14,23H,9-10H2,1-2H3,(H,29,31). The number of hydrogen-bond donors (Lipinski definition) is 1. The van der Waals surface area contributed by atoms with Crippen molar-refractivity contribution in [3.05, 3.63) is 88.4 Å². The zero-order valence-electron chi connectivity index (χ0n) is 18.1. The number of rotatable bonds is 8. The van der Waals surface area contributed by atoms with E-state index in [9.17, 15) is 4.79 Å². The van der Waals surface area contributed by atoms with Gasteiger partial charge in [0.25, 0.3) is 0 Å². The number of aryl methyl sites for hydroxylation is 2. The molecule has 7 nitrogen and oxygen atoms in total. The van der Waals surface area contributed by atoms with Crippen LogP contribution < -0.4 is 10.1 Å². The van der Waals surface area contributed by atoms with E-state index < -0.39 is 6.04 Å². The minimum absolute atomic E-state index is 0.150. The van der Waals surface area contributed by atoms with E-state index in [0.717, 1.165) is 17.1 Å². The van der Waals surface area contributed by atoms with E-state index in [1.54, 1.807) is 37.7 Å². The fourth-order valence-electron chi connectivity index (χ4n) is 3.44. The molecule has 0 spiro atoms. The summed E-state index contributed by atoms with van der Waals surface area (Å²) in [6.45, 7) is 0. The largest absolute Gasteiger partial charge is 0.497 e. The zero-order valence-corrected chi connectivity index (χ0v) is 19.6. The number of carbonyl (C=O) groups excluding carboxylic acids is 1. The van der Waals surface area contributed by atoms with Gasteiger partial charge in [-0.3, -0.25) is 4.79 Å². The lowest BCUT2D eigenvalue weighted by molar-refractivity contribution is -0.121. The van der Waals surface area contributed by atoms with Crippen LogP contribution in [0, 0.1) is 0 Å². The highest BCUT2D eigenvalue weighted by Crippen LogP contribution is 2.31. The van der Waals surface area contributed by atoms with Crippen LogP contribution in [-0.4, -0.2) is 27.6 Å². The summed E-state index contributed by atoms with van der Waals surface area (Å²) in [6.07, 6.45) is 5.68. The molecule has 2 aromatic heterocycles. The van der Waals surface area contributed by atoms with Gasteiger partial charge >= 0.3 is 0 Å². The number of nitrogens with zero attached hydrogens (tertiary/aromatic N) is 3. The molecule has 0 aliphatic rings. The molecule has 0 bridgehead atoms. The third-order valence-corrected chi connectivity index (χ3v) is 5.73. The summed E-state index contributed by atoms with van der Waals surface area (Å²) in [6, 6.07) is 12.3. The van der Waals surface area contributed by atoms with Crippen molar-refractivity contribution < 1.29 is 13.9 Å². The Labute approximate surface area is 201 Å². The average Bonchev–Trinajstić information content (AvgIpc) is 3.45. The molecule has 0 saturated heterocycles. The Morgan fingerprint density at radius 1 is 1.18 bits per heavy atom. The lowest BCUT2D eigenvalue weighted by Crippen LogP contribution is -2.31.